The SMILES string of the molecule is CC(C)(C/C=C(/Br)C(=O)O)CN1C(=O)c2ccccc2C1=O. The van der Waals surface area contributed by atoms with Gasteiger partial charge in [-0.15, -0.1) is 0 Å². The van der Waals surface area contributed by atoms with Crippen molar-refractivity contribution in [3.8, 4) is 0 Å². The summed E-state index contributed by atoms with van der Waals surface area (Å²) in [6, 6.07) is 6.74. The number of amides is 2. The maximum absolute atomic E-state index is 12.3. The highest BCUT2D eigenvalue weighted by Crippen LogP contribution is 2.29. The van der Waals surface area contributed by atoms with Gasteiger partial charge in [0.25, 0.3) is 11.8 Å². The van der Waals surface area contributed by atoms with E-state index in [0.717, 1.165) is 0 Å². The molecular formula is C16H16BrNO4. The zero-order valence-corrected chi connectivity index (χ0v) is 13.9. The Hall–Kier alpha value is -1.95. The van der Waals surface area contributed by atoms with E-state index >= 15 is 0 Å². The Kier molecular flexibility index (Phi) is 4.51. The second kappa shape index (κ2) is 6.04. The molecule has 2 amide bonds. The Bertz CT molecular complexity index is 643. The second-order valence-electron chi connectivity index (χ2n) is 5.97. The van der Waals surface area contributed by atoms with Crippen molar-refractivity contribution >= 4 is 33.7 Å². The number of hydrogen-bond acceptors (Lipinski definition) is 3. The highest BCUT2D eigenvalue weighted by atomic mass is 79.9. The van der Waals surface area contributed by atoms with Crippen molar-refractivity contribution in [3.63, 3.8) is 0 Å². The number of nitrogens with zero attached hydrogens (tertiary/aromatic N) is 1. The van der Waals surface area contributed by atoms with Gasteiger partial charge in [-0.3, -0.25) is 14.5 Å². The molecule has 22 heavy (non-hydrogen) atoms. The molecule has 0 bridgehead atoms. The fourth-order valence-electron chi connectivity index (χ4n) is 2.33. The van der Waals surface area contributed by atoms with Crippen molar-refractivity contribution < 1.29 is 19.5 Å². The van der Waals surface area contributed by atoms with Crippen LogP contribution in [-0.4, -0.2) is 34.3 Å². The molecule has 0 atom stereocenters. The van der Waals surface area contributed by atoms with Crippen molar-refractivity contribution in [3.05, 3.63) is 46.0 Å². The molecule has 0 saturated carbocycles. The molecule has 1 aromatic rings. The maximum Gasteiger partial charge on any atom is 0.342 e. The molecule has 0 unspecified atom stereocenters. The van der Waals surface area contributed by atoms with Crippen molar-refractivity contribution in [2.45, 2.75) is 20.3 Å². The minimum Gasteiger partial charge on any atom is -0.477 e. The first-order chi connectivity index (χ1) is 10.2. The predicted octanol–water partition coefficient (Wildman–Crippen LogP) is 3.06. The van der Waals surface area contributed by atoms with E-state index in [9.17, 15) is 14.4 Å². The molecule has 1 heterocycles. The molecule has 2 rings (SSSR count). The molecule has 5 nitrogen and oxygen atoms in total. The van der Waals surface area contributed by atoms with Gasteiger partial charge in [-0.2, -0.15) is 0 Å². The van der Waals surface area contributed by atoms with Gasteiger partial charge in [0.2, 0.25) is 0 Å². The smallest absolute Gasteiger partial charge is 0.342 e. The first-order valence-electron chi connectivity index (χ1n) is 6.77. The topological polar surface area (TPSA) is 74.7 Å². The first kappa shape index (κ1) is 16.4. The average molecular weight is 366 g/mol. The summed E-state index contributed by atoms with van der Waals surface area (Å²) in [5.74, 6) is -1.64. The lowest BCUT2D eigenvalue weighted by Gasteiger charge is -2.28. The third-order valence-corrected chi connectivity index (χ3v) is 4.17. The summed E-state index contributed by atoms with van der Waals surface area (Å²) in [6.07, 6.45) is 1.97. The maximum atomic E-state index is 12.3. The average Bonchev–Trinajstić information content (AvgIpc) is 2.70. The molecule has 0 radical (unpaired) electrons. The predicted molar refractivity (Wildman–Crippen MR) is 84.9 cm³/mol. The van der Waals surface area contributed by atoms with E-state index in [1.807, 2.05) is 13.8 Å². The number of rotatable bonds is 5. The van der Waals surface area contributed by atoms with Crippen LogP contribution in [0.4, 0.5) is 0 Å². The highest BCUT2D eigenvalue weighted by Gasteiger charge is 2.37. The fourth-order valence-corrected chi connectivity index (χ4v) is 2.49. The summed E-state index contributed by atoms with van der Waals surface area (Å²) in [7, 11) is 0. The number of fused-ring (bicyclic) bond motifs is 1. The normalized spacial score (nSPS) is 15.2. The number of allylic oxidation sites excluding steroid dienone is 1. The molecule has 0 aliphatic carbocycles. The quantitative estimate of drug-likeness (QED) is 0.642. The van der Waals surface area contributed by atoms with E-state index in [1.54, 1.807) is 30.3 Å². The summed E-state index contributed by atoms with van der Waals surface area (Å²) < 4.78 is 0.0722. The number of carboxylic acid groups (broad SMARTS) is 1. The number of carbonyl (C=O) groups is 3. The molecule has 6 heteroatoms. The van der Waals surface area contributed by atoms with Crippen LogP contribution in [0.1, 0.15) is 41.0 Å². The first-order valence-corrected chi connectivity index (χ1v) is 7.56. The third-order valence-electron chi connectivity index (χ3n) is 3.50. The lowest BCUT2D eigenvalue weighted by molar-refractivity contribution is -0.131. The number of imide groups is 1. The Labute approximate surface area is 136 Å². The van der Waals surface area contributed by atoms with Gasteiger partial charge in [0.15, 0.2) is 0 Å². The number of carbonyl (C=O) groups excluding carboxylic acids is 2. The van der Waals surface area contributed by atoms with Gasteiger partial charge < -0.3 is 5.11 Å². The standard InChI is InChI=1S/C16H16BrNO4/c1-16(2,8-7-12(17)15(21)22)9-18-13(19)10-5-3-4-6-11(10)14(18)20/h3-7H,8-9H2,1-2H3,(H,21,22)/b12-7+. The largest absolute Gasteiger partial charge is 0.477 e. The number of hydrogen-bond donors (Lipinski definition) is 1. The van der Waals surface area contributed by atoms with Crippen molar-refractivity contribution in [2.24, 2.45) is 5.41 Å². The minimum absolute atomic E-state index is 0.0722. The van der Waals surface area contributed by atoms with E-state index in [1.165, 1.54) is 4.90 Å². The van der Waals surface area contributed by atoms with Gasteiger partial charge in [0.1, 0.15) is 0 Å². The highest BCUT2D eigenvalue weighted by molar-refractivity contribution is 9.12. The van der Waals surface area contributed by atoms with Crippen molar-refractivity contribution in [1.82, 2.24) is 4.90 Å². The molecular weight excluding hydrogens is 350 g/mol. The molecule has 116 valence electrons. The fraction of sp³-hybridized carbons (Fsp3) is 0.312. The van der Waals surface area contributed by atoms with E-state index in [2.05, 4.69) is 15.9 Å². The van der Waals surface area contributed by atoms with Crippen LogP contribution >= 0.6 is 15.9 Å². The Morgan fingerprint density at radius 1 is 1.23 bits per heavy atom. The second-order valence-corrected chi connectivity index (χ2v) is 6.82. The molecule has 0 spiro atoms. The van der Waals surface area contributed by atoms with Crippen LogP contribution < -0.4 is 0 Å². The zero-order chi connectivity index (χ0) is 16.5. The van der Waals surface area contributed by atoms with Crippen LogP contribution in [0.2, 0.25) is 0 Å². The molecule has 1 aromatic carbocycles. The molecule has 1 aliphatic rings. The van der Waals surface area contributed by atoms with Crippen LogP contribution in [0.3, 0.4) is 0 Å². The van der Waals surface area contributed by atoms with E-state index in [-0.39, 0.29) is 22.8 Å². The van der Waals surface area contributed by atoms with Crippen LogP contribution in [0, 0.1) is 5.41 Å². The van der Waals surface area contributed by atoms with E-state index in [0.29, 0.717) is 17.5 Å². The van der Waals surface area contributed by atoms with Gasteiger partial charge in [0, 0.05) is 6.54 Å². The molecule has 0 fully saturated rings. The lowest BCUT2D eigenvalue weighted by Crippen LogP contribution is -2.38. The summed E-state index contributed by atoms with van der Waals surface area (Å²) in [5.41, 5.74) is 0.415. The molecule has 1 aliphatic heterocycles. The van der Waals surface area contributed by atoms with Crippen LogP contribution in [-0.2, 0) is 4.79 Å². The summed E-state index contributed by atoms with van der Waals surface area (Å²) in [4.78, 5) is 36.6. The van der Waals surface area contributed by atoms with E-state index in [4.69, 9.17) is 5.11 Å². The number of aliphatic carboxylic acids is 1. The monoisotopic (exact) mass is 365 g/mol. The van der Waals surface area contributed by atoms with E-state index < -0.39 is 11.4 Å². The minimum atomic E-state index is -1.04. The molecule has 1 N–H and O–H groups in total. The van der Waals surface area contributed by atoms with Gasteiger partial charge >= 0.3 is 5.97 Å². The molecule has 0 saturated heterocycles. The van der Waals surface area contributed by atoms with Crippen molar-refractivity contribution in [1.29, 1.82) is 0 Å². The number of benzene rings is 1. The van der Waals surface area contributed by atoms with Crippen LogP contribution in [0.25, 0.3) is 0 Å². The van der Waals surface area contributed by atoms with Gasteiger partial charge in [-0.25, -0.2) is 4.79 Å². The third kappa shape index (κ3) is 3.27. The number of halogens is 1. The number of carboxylic acids is 1. The summed E-state index contributed by atoms with van der Waals surface area (Å²) >= 11 is 2.97. The Balaban J connectivity index is 2.14. The van der Waals surface area contributed by atoms with Gasteiger partial charge in [0.05, 0.1) is 15.6 Å². The zero-order valence-electron chi connectivity index (χ0n) is 12.3. The summed E-state index contributed by atoms with van der Waals surface area (Å²) in [5, 5.41) is 8.83. The van der Waals surface area contributed by atoms with Crippen molar-refractivity contribution in [2.75, 3.05) is 6.54 Å². The Morgan fingerprint density at radius 2 is 1.73 bits per heavy atom. The summed E-state index contributed by atoms with van der Waals surface area (Å²) in [6.45, 7) is 4.00. The van der Waals surface area contributed by atoms with Gasteiger partial charge in [-0.05, 0) is 39.9 Å². The Morgan fingerprint density at radius 3 is 2.18 bits per heavy atom. The van der Waals surface area contributed by atoms with Crippen LogP contribution in [0.5, 0.6) is 0 Å². The van der Waals surface area contributed by atoms with Crippen LogP contribution in [0.15, 0.2) is 34.8 Å². The molecule has 0 aromatic heterocycles. The van der Waals surface area contributed by atoms with Gasteiger partial charge in [-0.1, -0.05) is 32.1 Å². The lowest BCUT2D eigenvalue weighted by atomic mass is 9.88.